The van der Waals surface area contributed by atoms with Crippen LogP contribution < -0.4 is 5.46 Å². The summed E-state index contributed by atoms with van der Waals surface area (Å²) < 4.78 is 1.19. The maximum absolute atomic E-state index is 3.69. The van der Waals surface area contributed by atoms with E-state index in [0.717, 1.165) is 0 Å². The van der Waals surface area contributed by atoms with Gasteiger partial charge in [-0.2, -0.15) is 0 Å². The molecule has 0 fully saturated rings. The molecule has 0 N–H and O–H groups in total. The molecule has 0 aromatic heterocycles. The summed E-state index contributed by atoms with van der Waals surface area (Å²) >= 11 is 3.69. The van der Waals surface area contributed by atoms with Crippen molar-refractivity contribution in [2.24, 2.45) is 0 Å². The van der Waals surface area contributed by atoms with Gasteiger partial charge in [-0.3, -0.25) is 0 Å². The van der Waals surface area contributed by atoms with E-state index >= 15 is 0 Å². The van der Waals surface area contributed by atoms with Crippen molar-refractivity contribution in [1.82, 2.24) is 0 Å². The highest BCUT2D eigenvalue weighted by atomic mass is 79.9. The second-order valence-electron chi connectivity index (χ2n) is 6.52. The fourth-order valence-electron chi connectivity index (χ4n) is 3.55. The molecule has 0 saturated heterocycles. The van der Waals surface area contributed by atoms with Gasteiger partial charge in [-0.25, -0.2) is 0 Å². The summed E-state index contributed by atoms with van der Waals surface area (Å²) in [5.41, 5.74) is 7.01. The maximum Gasteiger partial charge on any atom is 0.140 e. The first-order valence-electron chi connectivity index (χ1n) is 7.33. The Morgan fingerprint density at radius 1 is 0.857 bits per heavy atom. The first-order chi connectivity index (χ1) is 9.98. The zero-order valence-electron chi connectivity index (χ0n) is 12.5. The number of hydrogen-bond donors (Lipinski definition) is 0. The largest absolute Gasteiger partial charge is 0.140 e. The highest BCUT2D eigenvalue weighted by Gasteiger charge is 2.35. The zero-order chi connectivity index (χ0) is 14.8. The van der Waals surface area contributed by atoms with E-state index in [4.69, 9.17) is 0 Å². The number of halogens is 1. The predicted molar refractivity (Wildman–Crippen MR) is 97.4 cm³/mol. The van der Waals surface area contributed by atoms with Gasteiger partial charge < -0.3 is 0 Å². The van der Waals surface area contributed by atoms with Crippen LogP contribution in [0.3, 0.4) is 0 Å². The van der Waals surface area contributed by atoms with Crippen LogP contribution in [0, 0.1) is 0 Å². The smallest absolute Gasteiger partial charge is 0.0747 e. The summed E-state index contributed by atoms with van der Waals surface area (Å²) in [7, 11) is 2.17. The monoisotopic (exact) mass is 334 g/mol. The van der Waals surface area contributed by atoms with Crippen molar-refractivity contribution in [3.05, 3.63) is 64.1 Å². The van der Waals surface area contributed by atoms with Gasteiger partial charge in [0, 0.05) is 9.89 Å². The van der Waals surface area contributed by atoms with Crippen molar-refractivity contribution in [2.45, 2.75) is 19.3 Å². The molecule has 0 spiro atoms. The van der Waals surface area contributed by atoms with Gasteiger partial charge in [-0.15, -0.1) is 0 Å². The third kappa shape index (κ3) is 1.75. The summed E-state index contributed by atoms with van der Waals surface area (Å²) in [6, 6.07) is 18.0. The van der Waals surface area contributed by atoms with Gasteiger partial charge in [0.1, 0.15) is 7.85 Å². The van der Waals surface area contributed by atoms with E-state index in [0.29, 0.717) is 0 Å². The highest BCUT2D eigenvalue weighted by Crippen LogP contribution is 2.49. The van der Waals surface area contributed by atoms with E-state index in [1.165, 1.54) is 43.0 Å². The van der Waals surface area contributed by atoms with Crippen molar-refractivity contribution >= 4 is 40.0 Å². The molecule has 0 nitrogen and oxygen atoms in total. The first-order valence-corrected chi connectivity index (χ1v) is 8.12. The summed E-state index contributed by atoms with van der Waals surface area (Å²) in [5.74, 6) is 0. The second kappa shape index (κ2) is 4.24. The van der Waals surface area contributed by atoms with Gasteiger partial charge in [0.2, 0.25) is 0 Å². The van der Waals surface area contributed by atoms with Gasteiger partial charge in [-0.1, -0.05) is 65.6 Å². The Morgan fingerprint density at radius 3 is 2.14 bits per heavy atom. The minimum absolute atomic E-state index is 0.0696. The summed E-state index contributed by atoms with van der Waals surface area (Å²) in [4.78, 5) is 0. The van der Waals surface area contributed by atoms with Crippen molar-refractivity contribution < 1.29 is 0 Å². The molecule has 2 heteroatoms. The molecule has 3 aromatic carbocycles. The molecule has 0 unspecified atom stereocenters. The van der Waals surface area contributed by atoms with E-state index in [9.17, 15) is 0 Å². The summed E-state index contributed by atoms with van der Waals surface area (Å²) in [5, 5.41) is 2.64. The van der Waals surface area contributed by atoms with Crippen LogP contribution >= 0.6 is 15.9 Å². The minimum Gasteiger partial charge on any atom is -0.0747 e. The molecule has 1 aliphatic carbocycles. The molecule has 0 heterocycles. The molecular weight excluding hydrogens is 319 g/mol. The van der Waals surface area contributed by atoms with E-state index in [1.54, 1.807) is 0 Å². The lowest BCUT2D eigenvalue weighted by Crippen LogP contribution is -2.18. The van der Waals surface area contributed by atoms with Crippen molar-refractivity contribution in [2.75, 3.05) is 0 Å². The number of hydrogen-bond acceptors (Lipinski definition) is 0. The molecule has 0 saturated carbocycles. The van der Waals surface area contributed by atoms with Crippen LogP contribution in [-0.4, -0.2) is 7.85 Å². The lowest BCUT2D eigenvalue weighted by molar-refractivity contribution is 0.661. The SMILES string of the molecule is Bc1cc2c(cc1Br)-c1cc3ccccc3cc1C2(C)C. The van der Waals surface area contributed by atoms with Crippen molar-refractivity contribution in [1.29, 1.82) is 0 Å². The maximum atomic E-state index is 3.69. The molecular formula is C19H16BBr. The van der Waals surface area contributed by atoms with Gasteiger partial charge in [0.05, 0.1) is 0 Å². The number of fused-ring (bicyclic) bond motifs is 4. The molecule has 102 valence electrons. The quantitative estimate of drug-likeness (QED) is 0.541. The lowest BCUT2D eigenvalue weighted by Gasteiger charge is -2.22. The first kappa shape index (κ1) is 13.2. The van der Waals surface area contributed by atoms with Crippen LogP contribution in [-0.2, 0) is 5.41 Å². The van der Waals surface area contributed by atoms with Crippen LogP contribution in [0.15, 0.2) is 53.0 Å². The van der Waals surface area contributed by atoms with E-state index in [2.05, 4.69) is 86.2 Å². The van der Waals surface area contributed by atoms with Crippen LogP contribution in [0.25, 0.3) is 21.9 Å². The number of rotatable bonds is 0. The van der Waals surface area contributed by atoms with Crippen LogP contribution in [0.5, 0.6) is 0 Å². The second-order valence-corrected chi connectivity index (χ2v) is 7.37. The van der Waals surface area contributed by atoms with Crippen molar-refractivity contribution in [3.63, 3.8) is 0 Å². The zero-order valence-corrected chi connectivity index (χ0v) is 14.1. The molecule has 0 bridgehead atoms. The topological polar surface area (TPSA) is 0 Å². The molecule has 1 aliphatic rings. The van der Waals surface area contributed by atoms with Gasteiger partial charge in [0.25, 0.3) is 0 Å². The Bertz CT molecular complexity index is 893. The Kier molecular flexibility index (Phi) is 2.65. The fourth-order valence-corrected chi connectivity index (χ4v) is 3.89. The normalized spacial score (nSPS) is 15.0. The molecule has 4 rings (SSSR count). The summed E-state index contributed by atoms with van der Waals surface area (Å²) in [6.45, 7) is 4.67. The van der Waals surface area contributed by atoms with Crippen LogP contribution in [0.2, 0.25) is 0 Å². The third-order valence-electron chi connectivity index (χ3n) is 4.82. The molecule has 0 radical (unpaired) electrons. The van der Waals surface area contributed by atoms with Crippen LogP contribution in [0.4, 0.5) is 0 Å². The molecule has 0 amide bonds. The van der Waals surface area contributed by atoms with Crippen LogP contribution in [0.1, 0.15) is 25.0 Å². The van der Waals surface area contributed by atoms with Gasteiger partial charge in [0.15, 0.2) is 0 Å². The Balaban J connectivity index is 2.13. The van der Waals surface area contributed by atoms with E-state index in [1.807, 2.05) is 0 Å². The van der Waals surface area contributed by atoms with Gasteiger partial charge in [-0.05, 0) is 51.2 Å². The standard InChI is InChI=1S/C19H16BBr/c1-19(2)15-8-12-6-4-3-5-11(12)7-13(15)14-9-18(21)17(20)10-16(14)19/h3-10H,20H2,1-2H3. The average molecular weight is 335 g/mol. The molecule has 0 aliphatic heterocycles. The van der Waals surface area contributed by atoms with E-state index < -0.39 is 0 Å². The summed E-state index contributed by atoms with van der Waals surface area (Å²) in [6.07, 6.45) is 0. The Morgan fingerprint density at radius 2 is 1.43 bits per heavy atom. The predicted octanol–water partition coefficient (Wildman–Crippen LogP) is 4.17. The molecule has 3 aromatic rings. The Labute approximate surface area is 134 Å². The average Bonchev–Trinajstić information content (AvgIpc) is 2.66. The Hall–Kier alpha value is -1.54. The third-order valence-corrected chi connectivity index (χ3v) is 5.68. The fraction of sp³-hybridized carbons (Fsp3) is 0.158. The number of benzene rings is 3. The van der Waals surface area contributed by atoms with Gasteiger partial charge >= 0.3 is 0 Å². The highest BCUT2D eigenvalue weighted by molar-refractivity contribution is 9.10. The lowest BCUT2D eigenvalue weighted by atomic mass is 9.80. The minimum atomic E-state index is 0.0696. The molecule has 21 heavy (non-hydrogen) atoms. The molecule has 0 atom stereocenters. The van der Waals surface area contributed by atoms with Crippen molar-refractivity contribution in [3.8, 4) is 11.1 Å². The van der Waals surface area contributed by atoms with E-state index in [-0.39, 0.29) is 5.41 Å².